The Morgan fingerprint density at radius 1 is 1.80 bits per heavy atom. The van der Waals surface area contributed by atoms with Gasteiger partial charge in [0.2, 0.25) is 0 Å². The predicted octanol–water partition coefficient (Wildman–Crippen LogP) is 0.984. The summed E-state index contributed by atoms with van der Waals surface area (Å²) in [6.07, 6.45) is 4.49. The van der Waals surface area contributed by atoms with E-state index in [1.54, 1.807) is 12.2 Å². The summed E-state index contributed by atoms with van der Waals surface area (Å²) in [6.45, 7) is 4.56. The maximum atomic E-state index is 8.59. The van der Waals surface area contributed by atoms with Gasteiger partial charge in [-0.15, -0.1) is 0 Å². The Labute approximate surface area is 60.9 Å². The van der Waals surface area contributed by atoms with E-state index in [-0.39, 0.29) is 0 Å². The molecule has 0 amide bonds. The molecule has 0 aromatic rings. The number of rotatable bonds is 2. The summed E-state index contributed by atoms with van der Waals surface area (Å²) in [5, 5.41) is 11.7. The number of hydrogen-bond donors (Lipinski definition) is 1. The lowest BCUT2D eigenvalue weighted by molar-refractivity contribution is 0.425. The number of allylic oxidation sites excluding steroid dienone is 2. The lowest BCUT2D eigenvalue weighted by Crippen LogP contribution is -2.43. The van der Waals surface area contributed by atoms with Crippen molar-refractivity contribution in [1.82, 2.24) is 5.32 Å². The summed E-state index contributed by atoms with van der Waals surface area (Å²) in [7, 11) is 0. The molecule has 1 atom stereocenters. The van der Waals surface area contributed by atoms with E-state index in [0.717, 1.165) is 18.5 Å². The number of nitrogens with zero attached hydrogens (tertiary/aromatic N) is 1. The van der Waals surface area contributed by atoms with Crippen molar-refractivity contribution in [3.63, 3.8) is 0 Å². The highest BCUT2D eigenvalue weighted by Gasteiger charge is 2.19. The molecule has 1 N–H and O–H groups in total. The van der Waals surface area contributed by atoms with E-state index in [9.17, 15) is 0 Å². The Morgan fingerprint density at radius 2 is 2.50 bits per heavy atom. The second kappa shape index (κ2) is 3.19. The SMILES string of the molecule is C=CC=C(C#N)C1CCN1. The maximum absolute atomic E-state index is 8.59. The third-order valence-electron chi connectivity index (χ3n) is 1.63. The molecule has 1 saturated heterocycles. The fourth-order valence-electron chi connectivity index (χ4n) is 0.912. The fraction of sp³-hybridized carbons (Fsp3) is 0.375. The summed E-state index contributed by atoms with van der Waals surface area (Å²) in [6, 6.07) is 2.43. The van der Waals surface area contributed by atoms with E-state index < -0.39 is 0 Å². The van der Waals surface area contributed by atoms with Gasteiger partial charge in [0.1, 0.15) is 0 Å². The molecule has 0 spiro atoms. The zero-order valence-corrected chi connectivity index (χ0v) is 5.80. The van der Waals surface area contributed by atoms with Crippen LogP contribution in [0.5, 0.6) is 0 Å². The fourth-order valence-corrected chi connectivity index (χ4v) is 0.912. The second-order valence-corrected chi connectivity index (χ2v) is 2.26. The van der Waals surface area contributed by atoms with Crippen LogP contribution in [0.15, 0.2) is 24.3 Å². The van der Waals surface area contributed by atoms with Gasteiger partial charge in [-0.3, -0.25) is 0 Å². The minimum absolute atomic E-state index is 0.294. The second-order valence-electron chi connectivity index (χ2n) is 2.26. The first-order chi connectivity index (χ1) is 4.88. The summed E-state index contributed by atoms with van der Waals surface area (Å²) in [4.78, 5) is 0. The molecule has 1 heterocycles. The third-order valence-corrected chi connectivity index (χ3v) is 1.63. The first kappa shape index (κ1) is 7.04. The topological polar surface area (TPSA) is 35.8 Å². The highest BCUT2D eigenvalue weighted by atomic mass is 15.0. The molecule has 0 aromatic heterocycles. The Bertz CT molecular complexity index is 194. The maximum Gasteiger partial charge on any atom is 0.0963 e. The average molecular weight is 134 g/mol. The van der Waals surface area contributed by atoms with Crippen LogP contribution in [-0.4, -0.2) is 12.6 Å². The van der Waals surface area contributed by atoms with Gasteiger partial charge in [-0.05, 0) is 19.0 Å². The first-order valence-electron chi connectivity index (χ1n) is 3.34. The van der Waals surface area contributed by atoms with Gasteiger partial charge in [-0.1, -0.05) is 12.7 Å². The quantitative estimate of drug-likeness (QED) is 0.451. The standard InChI is InChI=1S/C8H10N2/c1-2-3-7(6-9)8-4-5-10-8/h2-3,8,10H,1,4-5H2. The van der Waals surface area contributed by atoms with Gasteiger partial charge in [0.05, 0.1) is 6.07 Å². The Balaban J connectivity index is 2.57. The molecule has 0 aliphatic carbocycles. The summed E-state index contributed by atoms with van der Waals surface area (Å²) < 4.78 is 0. The van der Waals surface area contributed by atoms with Crippen LogP contribution in [0, 0.1) is 11.3 Å². The number of nitrogens with one attached hydrogen (secondary N) is 1. The van der Waals surface area contributed by atoms with Crippen molar-refractivity contribution >= 4 is 0 Å². The van der Waals surface area contributed by atoms with E-state index in [2.05, 4.69) is 18.0 Å². The predicted molar refractivity (Wildman–Crippen MR) is 40.3 cm³/mol. The molecule has 2 nitrogen and oxygen atoms in total. The molecule has 2 heteroatoms. The highest BCUT2D eigenvalue weighted by molar-refractivity contribution is 5.31. The monoisotopic (exact) mass is 134 g/mol. The molecule has 1 fully saturated rings. The lowest BCUT2D eigenvalue weighted by atomic mass is 9.99. The van der Waals surface area contributed by atoms with E-state index in [0.29, 0.717) is 6.04 Å². The van der Waals surface area contributed by atoms with Crippen molar-refractivity contribution in [2.24, 2.45) is 0 Å². The highest BCUT2D eigenvalue weighted by Crippen LogP contribution is 2.11. The molecule has 0 radical (unpaired) electrons. The van der Waals surface area contributed by atoms with Crippen LogP contribution >= 0.6 is 0 Å². The summed E-state index contributed by atoms with van der Waals surface area (Å²) in [5.41, 5.74) is 0.793. The molecule has 1 aliphatic rings. The van der Waals surface area contributed by atoms with Gasteiger partial charge in [0.15, 0.2) is 0 Å². The van der Waals surface area contributed by atoms with Crippen LogP contribution in [0.25, 0.3) is 0 Å². The van der Waals surface area contributed by atoms with E-state index in [4.69, 9.17) is 5.26 Å². The normalized spacial score (nSPS) is 24.7. The number of nitriles is 1. The zero-order chi connectivity index (χ0) is 7.40. The van der Waals surface area contributed by atoms with Crippen LogP contribution in [0.3, 0.4) is 0 Å². The molecular weight excluding hydrogens is 124 g/mol. The molecule has 0 aromatic carbocycles. The van der Waals surface area contributed by atoms with Crippen molar-refractivity contribution in [3.8, 4) is 6.07 Å². The van der Waals surface area contributed by atoms with Gasteiger partial charge in [-0.2, -0.15) is 5.26 Å². The zero-order valence-electron chi connectivity index (χ0n) is 5.80. The molecule has 1 unspecified atom stereocenters. The van der Waals surface area contributed by atoms with Gasteiger partial charge in [-0.25, -0.2) is 0 Å². The molecule has 0 bridgehead atoms. The van der Waals surface area contributed by atoms with Crippen molar-refractivity contribution in [3.05, 3.63) is 24.3 Å². The molecular formula is C8H10N2. The van der Waals surface area contributed by atoms with Crippen molar-refractivity contribution in [2.45, 2.75) is 12.5 Å². The number of hydrogen-bond acceptors (Lipinski definition) is 2. The van der Waals surface area contributed by atoms with Crippen molar-refractivity contribution in [2.75, 3.05) is 6.54 Å². The average Bonchev–Trinajstić information content (AvgIpc) is 1.83. The third kappa shape index (κ3) is 1.26. The Kier molecular flexibility index (Phi) is 2.24. The van der Waals surface area contributed by atoms with Crippen molar-refractivity contribution < 1.29 is 0 Å². The van der Waals surface area contributed by atoms with Gasteiger partial charge >= 0.3 is 0 Å². The molecule has 1 rings (SSSR count). The smallest absolute Gasteiger partial charge is 0.0963 e. The van der Waals surface area contributed by atoms with E-state index in [1.807, 2.05) is 0 Å². The molecule has 52 valence electrons. The van der Waals surface area contributed by atoms with Crippen LogP contribution < -0.4 is 5.32 Å². The summed E-state index contributed by atoms with van der Waals surface area (Å²) in [5.74, 6) is 0. The molecule has 1 aliphatic heterocycles. The van der Waals surface area contributed by atoms with Crippen LogP contribution in [0.4, 0.5) is 0 Å². The Hall–Kier alpha value is -1.07. The minimum Gasteiger partial charge on any atom is -0.309 e. The van der Waals surface area contributed by atoms with Crippen LogP contribution in [0.1, 0.15) is 6.42 Å². The van der Waals surface area contributed by atoms with Gasteiger partial charge in [0, 0.05) is 11.6 Å². The van der Waals surface area contributed by atoms with Crippen molar-refractivity contribution in [1.29, 1.82) is 5.26 Å². The first-order valence-corrected chi connectivity index (χ1v) is 3.34. The molecule has 0 saturated carbocycles. The summed E-state index contributed by atoms with van der Waals surface area (Å²) >= 11 is 0. The van der Waals surface area contributed by atoms with E-state index in [1.165, 1.54) is 0 Å². The van der Waals surface area contributed by atoms with Gasteiger partial charge in [0.25, 0.3) is 0 Å². The van der Waals surface area contributed by atoms with E-state index >= 15 is 0 Å². The lowest BCUT2D eigenvalue weighted by Gasteiger charge is -2.26. The van der Waals surface area contributed by atoms with Crippen LogP contribution in [-0.2, 0) is 0 Å². The van der Waals surface area contributed by atoms with Crippen LogP contribution in [0.2, 0.25) is 0 Å². The largest absolute Gasteiger partial charge is 0.309 e. The molecule has 10 heavy (non-hydrogen) atoms. The Morgan fingerprint density at radius 3 is 2.80 bits per heavy atom. The minimum atomic E-state index is 0.294. The van der Waals surface area contributed by atoms with Gasteiger partial charge < -0.3 is 5.32 Å².